The number of phosphoric acid groups is 1. The number of carbonyl (C=O) groups excluding carboxylic acids is 1. The molecule has 1 aliphatic carbocycles. The minimum absolute atomic E-state index is 0.0877. The number of phosphoric ester groups is 1. The van der Waals surface area contributed by atoms with Crippen molar-refractivity contribution in [2.24, 2.45) is 0 Å². The highest BCUT2D eigenvalue weighted by molar-refractivity contribution is 7.47. The molecule has 6 unspecified atom stereocenters. The van der Waals surface area contributed by atoms with Gasteiger partial charge in [0.15, 0.2) is 0 Å². The van der Waals surface area contributed by atoms with Crippen molar-refractivity contribution in [3.05, 3.63) is 48.6 Å². The zero-order chi connectivity index (χ0) is 42.7. The molecular formula is C45H81O12P. The molecule has 12 nitrogen and oxygen atoms in total. The van der Waals surface area contributed by atoms with E-state index in [0.717, 1.165) is 89.9 Å². The average molecular weight is 845 g/mol. The largest absolute Gasteiger partial charge is 0.472 e. The summed E-state index contributed by atoms with van der Waals surface area (Å²) in [6, 6.07) is 0. The van der Waals surface area contributed by atoms with Crippen molar-refractivity contribution < 1.29 is 58.3 Å². The number of hydrogen-bond donors (Lipinski definition) is 6. The van der Waals surface area contributed by atoms with Crippen LogP contribution in [0.15, 0.2) is 48.6 Å². The Bertz CT molecular complexity index is 1140. The van der Waals surface area contributed by atoms with Gasteiger partial charge in [-0.1, -0.05) is 140 Å². The second kappa shape index (κ2) is 36.0. The number of unbranched alkanes of at least 4 members (excludes halogenated alkanes) is 17. The van der Waals surface area contributed by atoms with E-state index in [2.05, 4.69) is 62.5 Å². The first-order valence-corrected chi connectivity index (χ1v) is 24.0. The van der Waals surface area contributed by atoms with Crippen molar-refractivity contribution in [2.75, 3.05) is 19.8 Å². The van der Waals surface area contributed by atoms with Gasteiger partial charge in [0, 0.05) is 13.0 Å². The molecule has 0 bridgehead atoms. The highest BCUT2D eigenvalue weighted by Gasteiger charge is 2.51. The van der Waals surface area contributed by atoms with Crippen LogP contribution in [0.3, 0.4) is 0 Å². The summed E-state index contributed by atoms with van der Waals surface area (Å²) in [7, 11) is -5.02. The van der Waals surface area contributed by atoms with Crippen LogP contribution in [-0.4, -0.2) is 98.9 Å². The van der Waals surface area contributed by atoms with E-state index in [1.165, 1.54) is 51.4 Å². The fourth-order valence-corrected chi connectivity index (χ4v) is 7.51. The van der Waals surface area contributed by atoms with E-state index < -0.39 is 63.1 Å². The molecule has 1 rings (SSSR count). The molecule has 0 aromatic rings. The predicted molar refractivity (Wildman–Crippen MR) is 230 cm³/mol. The van der Waals surface area contributed by atoms with E-state index in [9.17, 15) is 39.8 Å². The molecule has 338 valence electrons. The number of allylic oxidation sites excluding steroid dienone is 8. The van der Waals surface area contributed by atoms with Gasteiger partial charge in [-0.3, -0.25) is 13.8 Å². The molecule has 1 fully saturated rings. The average Bonchev–Trinajstić information content (AvgIpc) is 3.21. The number of esters is 1. The number of hydrogen-bond acceptors (Lipinski definition) is 11. The zero-order valence-corrected chi connectivity index (χ0v) is 36.7. The first-order chi connectivity index (χ1) is 28.0. The second-order valence-corrected chi connectivity index (χ2v) is 16.9. The van der Waals surface area contributed by atoms with Gasteiger partial charge >= 0.3 is 13.8 Å². The second-order valence-electron chi connectivity index (χ2n) is 15.5. The van der Waals surface area contributed by atoms with E-state index in [1.807, 2.05) is 0 Å². The number of rotatable bonds is 37. The van der Waals surface area contributed by atoms with Gasteiger partial charge in [0.05, 0.1) is 13.2 Å². The lowest BCUT2D eigenvalue weighted by molar-refractivity contribution is -0.220. The summed E-state index contributed by atoms with van der Waals surface area (Å²) in [5.41, 5.74) is 0. The molecule has 0 aliphatic heterocycles. The van der Waals surface area contributed by atoms with Crippen LogP contribution in [0.1, 0.15) is 168 Å². The van der Waals surface area contributed by atoms with E-state index in [1.54, 1.807) is 0 Å². The minimum atomic E-state index is -5.02. The summed E-state index contributed by atoms with van der Waals surface area (Å²) in [6.45, 7) is 4.13. The number of aliphatic hydroxyl groups excluding tert-OH is 5. The van der Waals surface area contributed by atoms with Gasteiger partial charge in [-0.25, -0.2) is 4.57 Å². The Balaban J connectivity index is 2.41. The summed E-state index contributed by atoms with van der Waals surface area (Å²) >= 11 is 0. The molecule has 1 saturated carbocycles. The van der Waals surface area contributed by atoms with Crippen LogP contribution >= 0.6 is 7.82 Å². The van der Waals surface area contributed by atoms with Gasteiger partial charge in [-0.2, -0.15) is 0 Å². The van der Waals surface area contributed by atoms with Crippen LogP contribution in [0.5, 0.6) is 0 Å². The Morgan fingerprint density at radius 1 is 0.552 bits per heavy atom. The molecule has 0 heterocycles. The SMILES string of the molecule is CCC/C=C\C/C=C\CCCCCCCC(=O)OC(COCCCCCCCCCC/C=C\C/C=C\CCCCC)COP(=O)(O)OC1C(O)C(O)C(O)C(O)C1O. The topological polar surface area (TPSA) is 192 Å². The molecule has 1 aliphatic rings. The molecule has 0 amide bonds. The third kappa shape index (κ3) is 27.9. The fraction of sp³-hybridized carbons (Fsp3) is 0.800. The predicted octanol–water partition coefficient (Wildman–Crippen LogP) is 8.86. The minimum Gasteiger partial charge on any atom is -0.457 e. The van der Waals surface area contributed by atoms with Crippen LogP contribution < -0.4 is 0 Å². The van der Waals surface area contributed by atoms with E-state index in [-0.39, 0.29) is 13.0 Å². The lowest BCUT2D eigenvalue weighted by atomic mass is 9.85. The van der Waals surface area contributed by atoms with Crippen molar-refractivity contribution in [1.29, 1.82) is 0 Å². The van der Waals surface area contributed by atoms with Crippen molar-refractivity contribution >= 4 is 13.8 Å². The van der Waals surface area contributed by atoms with E-state index in [4.69, 9.17) is 18.5 Å². The fourth-order valence-electron chi connectivity index (χ4n) is 6.54. The lowest BCUT2D eigenvalue weighted by Gasteiger charge is -2.41. The van der Waals surface area contributed by atoms with Crippen molar-refractivity contribution in [2.45, 2.75) is 211 Å². The molecular weight excluding hydrogens is 763 g/mol. The maximum atomic E-state index is 12.8. The summed E-state index contributed by atoms with van der Waals surface area (Å²) in [4.78, 5) is 23.1. The number of carbonyl (C=O) groups is 1. The van der Waals surface area contributed by atoms with Gasteiger partial charge in [0.1, 0.15) is 42.7 Å². The summed E-state index contributed by atoms with van der Waals surface area (Å²) in [5, 5.41) is 50.1. The maximum absolute atomic E-state index is 12.8. The first-order valence-electron chi connectivity index (χ1n) is 22.5. The van der Waals surface area contributed by atoms with Gasteiger partial charge < -0.3 is 39.9 Å². The molecule has 58 heavy (non-hydrogen) atoms. The molecule has 0 aromatic carbocycles. The maximum Gasteiger partial charge on any atom is 0.472 e. The lowest BCUT2D eigenvalue weighted by Crippen LogP contribution is -2.64. The third-order valence-electron chi connectivity index (χ3n) is 10.2. The van der Waals surface area contributed by atoms with E-state index in [0.29, 0.717) is 13.0 Å². The van der Waals surface area contributed by atoms with Crippen LogP contribution in [0.4, 0.5) is 0 Å². The summed E-state index contributed by atoms with van der Waals surface area (Å²) < 4.78 is 34.1. The van der Waals surface area contributed by atoms with Gasteiger partial charge in [-0.15, -0.1) is 0 Å². The molecule has 0 saturated heterocycles. The molecule has 13 heteroatoms. The molecule has 6 atom stereocenters. The van der Waals surface area contributed by atoms with Gasteiger partial charge in [0.25, 0.3) is 0 Å². The van der Waals surface area contributed by atoms with Gasteiger partial charge in [-0.05, 0) is 70.6 Å². The summed E-state index contributed by atoms with van der Waals surface area (Å²) in [6.07, 6.45) is 30.4. The Morgan fingerprint density at radius 2 is 1.00 bits per heavy atom. The standard InChI is InChI=1S/C45H81O12P/c1-3-5-7-9-11-13-15-17-18-19-20-21-23-25-27-29-31-33-35-54-36-38(37-55-58(52,53)57-45-43(50)41(48)40(47)42(49)44(45)51)56-39(46)34-32-30-28-26-24-22-16-14-12-10-8-6-4-2/h8,10-11,13-14,16-18,38,40-45,47-51H,3-7,9,12,15,19-37H2,1-2H3,(H,52,53)/b10-8-,13-11-,16-14-,18-17-. The molecule has 0 spiro atoms. The van der Waals surface area contributed by atoms with Crippen LogP contribution in [-0.2, 0) is 27.9 Å². The highest BCUT2D eigenvalue weighted by atomic mass is 31.2. The van der Waals surface area contributed by atoms with E-state index >= 15 is 0 Å². The Morgan fingerprint density at radius 3 is 1.52 bits per heavy atom. The molecule has 6 N–H and O–H groups in total. The van der Waals surface area contributed by atoms with Crippen LogP contribution in [0.25, 0.3) is 0 Å². The summed E-state index contributed by atoms with van der Waals surface area (Å²) in [5.74, 6) is -0.496. The van der Waals surface area contributed by atoms with Gasteiger partial charge in [0.2, 0.25) is 0 Å². The van der Waals surface area contributed by atoms with Crippen LogP contribution in [0.2, 0.25) is 0 Å². The monoisotopic (exact) mass is 845 g/mol. The number of ether oxygens (including phenoxy) is 2. The Hall–Kier alpha value is -1.70. The smallest absolute Gasteiger partial charge is 0.457 e. The normalized spacial score (nSPS) is 23.1. The Kier molecular flexibility index (Phi) is 33.7. The quantitative estimate of drug-likeness (QED) is 0.0151. The van der Waals surface area contributed by atoms with Crippen molar-refractivity contribution in [1.82, 2.24) is 0 Å². The molecule has 0 aromatic heterocycles. The first kappa shape index (κ1) is 54.3. The zero-order valence-electron chi connectivity index (χ0n) is 35.8. The number of aliphatic hydroxyl groups is 5. The van der Waals surface area contributed by atoms with Crippen molar-refractivity contribution in [3.8, 4) is 0 Å². The van der Waals surface area contributed by atoms with Crippen LogP contribution in [0, 0.1) is 0 Å². The van der Waals surface area contributed by atoms with Crippen molar-refractivity contribution in [3.63, 3.8) is 0 Å². The molecule has 0 radical (unpaired) electrons. The Labute approximate surface area is 350 Å². The third-order valence-corrected chi connectivity index (χ3v) is 11.1. The highest BCUT2D eigenvalue weighted by Crippen LogP contribution is 2.47.